The van der Waals surface area contributed by atoms with Crippen LogP contribution >= 0.6 is 0 Å². The maximum Gasteiger partial charge on any atom is 0.0484 e. The fraction of sp³-hybridized carbons (Fsp3) is 0.579. The van der Waals surface area contributed by atoms with Crippen molar-refractivity contribution in [2.75, 3.05) is 0 Å². The molecule has 0 spiro atoms. The van der Waals surface area contributed by atoms with Gasteiger partial charge >= 0.3 is 0 Å². The molecule has 0 saturated heterocycles. The lowest BCUT2D eigenvalue weighted by Crippen LogP contribution is -2.24. The third-order valence-corrected chi connectivity index (χ3v) is 5.18. The first-order valence-corrected chi connectivity index (χ1v) is 8.59. The summed E-state index contributed by atoms with van der Waals surface area (Å²) in [6.45, 7) is 8.91. The van der Waals surface area contributed by atoms with Crippen molar-refractivity contribution in [1.82, 2.24) is 9.47 Å². The van der Waals surface area contributed by atoms with E-state index < -0.39 is 0 Å². The lowest BCUT2D eigenvalue weighted by atomic mass is 10.0. The highest BCUT2D eigenvalue weighted by molar-refractivity contribution is 5.85. The second-order valence-electron chi connectivity index (χ2n) is 7.11. The Morgan fingerprint density at radius 2 is 1.86 bits per heavy atom. The predicted molar refractivity (Wildman–Crippen MR) is 93.9 cm³/mol. The molecule has 2 N–H and O–H groups in total. The zero-order chi connectivity index (χ0) is 15.9. The second-order valence-corrected chi connectivity index (χ2v) is 7.11. The van der Waals surface area contributed by atoms with Crippen molar-refractivity contribution in [3.05, 3.63) is 35.0 Å². The van der Waals surface area contributed by atoms with Crippen LogP contribution in [0.4, 0.5) is 0 Å². The van der Waals surface area contributed by atoms with E-state index in [4.69, 9.17) is 5.73 Å². The number of hydrogen-bond acceptors (Lipinski definition) is 2. The summed E-state index contributed by atoms with van der Waals surface area (Å²) < 4.78 is 2.28. The van der Waals surface area contributed by atoms with Crippen LogP contribution in [0.5, 0.6) is 0 Å². The van der Waals surface area contributed by atoms with Crippen molar-refractivity contribution in [1.29, 1.82) is 0 Å². The van der Waals surface area contributed by atoms with Gasteiger partial charge in [0.2, 0.25) is 0 Å². The number of rotatable bonds is 5. The summed E-state index contributed by atoms with van der Waals surface area (Å²) in [5.41, 5.74) is 11.9. The van der Waals surface area contributed by atoms with E-state index in [0.717, 1.165) is 32.4 Å². The van der Waals surface area contributed by atoms with Crippen molar-refractivity contribution in [3.8, 4) is 0 Å². The highest BCUT2D eigenvalue weighted by Gasteiger charge is 2.22. The lowest BCUT2D eigenvalue weighted by Gasteiger charge is -2.18. The molecule has 1 atom stereocenters. The van der Waals surface area contributed by atoms with Gasteiger partial charge in [0.1, 0.15) is 0 Å². The number of hydrogen-bond donors (Lipinski definition) is 1. The van der Waals surface area contributed by atoms with Gasteiger partial charge in [-0.15, -0.1) is 0 Å². The Hall–Kier alpha value is -1.32. The van der Waals surface area contributed by atoms with Crippen LogP contribution in [0.3, 0.4) is 0 Å². The lowest BCUT2D eigenvalue weighted by molar-refractivity contribution is 0.227. The highest BCUT2D eigenvalue weighted by atomic mass is 15.2. The van der Waals surface area contributed by atoms with Gasteiger partial charge in [-0.05, 0) is 61.9 Å². The summed E-state index contributed by atoms with van der Waals surface area (Å²) in [6, 6.07) is 5.76. The molecule has 0 aliphatic carbocycles. The molecule has 1 aromatic carbocycles. The Balaban J connectivity index is 1.92. The van der Waals surface area contributed by atoms with Gasteiger partial charge < -0.3 is 10.3 Å². The average Bonchev–Trinajstić information content (AvgIpc) is 3.04. The van der Waals surface area contributed by atoms with Crippen LogP contribution in [-0.4, -0.2) is 21.6 Å². The van der Waals surface area contributed by atoms with E-state index in [1.54, 1.807) is 0 Å². The molecule has 1 aromatic heterocycles. The smallest absolute Gasteiger partial charge is 0.0484 e. The van der Waals surface area contributed by atoms with Gasteiger partial charge in [-0.2, -0.15) is 0 Å². The number of fused-ring (bicyclic) bond motifs is 2. The van der Waals surface area contributed by atoms with Crippen LogP contribution in [0.1, 0.15) is 50.3 Å². The molecule has 0 saturated carbocycles. The van der Waals surface area contributed by atoms with E-state index in [9.17, 15) is 0 Å². The molecule has 2 aromatic rings. The quantitative estimate of drug-likeness (QED) is 0.916. The second kappa shape index (κ2) is 6.05. The Bertz CT molecular complexity index is 669. The van der Waals surface area contributed by atoms with Crippen molar-refractivity contribution in [3.63, 3.8) is 0 Å². The van der Waals surface area contributed by atoms with Crippen LogP contribution in [0, 0.1) is 0 Å². The normalized spacial score (nSPS) is 16.6. The number of aromatic nitrogens is 1. The third-order valence-electron chi connectivity index (χ3n) is 5.18. The molecule has 1 aliphatic rings. The van der Waals surface area contributed by atoms with Crippen LogP contribution in [0.2, 0.25) is 0 Å². The van der Waals surface area contributed by atoms with Crippen molar-refractivity contribution >= 4 is 10.9 Å². The molecule has 3 rings (SSSR count). The molecule has 120 valence electrons. The minimum atomic E-state index is 0.320. The molecule has 2 heterocycles. The monoisotopic (exact) mass is 299 g/mol. The Labute approximate surface area is 134 Å². The first-order valence-electron chi connectivity index (χ1n) is 8.59. The third kappa shape index (κ3) is 2.80. The van der Waals surface area contributed by atoms with Crippen molar-refractivity contribution < 1.29 is 0 Å². The van der Waals surface area contributed by atoms with Crippen LogP contribution in [0.15, 0.2) is 18.3 Å². The number of benzene rings is 1. The van der Waals surface area contributed by atoms with Gasteiger partial charge in [0.05, 0.1) is 0 Å². The minimum absolute atomic E-state index is 0.320. The molecule has 0 radical (unpaired) electrons. The molecule has 22 heavy (non-hydrogen) atoms. The molecule has 0 fully saturated rings. The van der Waals surface area contributed by atoms with E-state index in [-0.39, 0.29) is 0 Å². The predicted octanol–water partition coefficient (Wildman–Crippen LogP) is 3.57. The molecule has 0 amide bonds. The summed E-state index contributed by atoms with van der Waals surface area (Å²) in [6.07, 6.45) is 5.51. The van der Waals surface area contributed by atoms with Crippen molar-refractivity contribution in [2.45, 2.75) is 65.2 Å². The van der Waals surface area contributed by atoms with Gasteiger partial charge in [-0.1, -0.05) is 6.92 Å². The van der Waals surface area contributed by atoms with Gasteiger partial charge in [0.15, 0.2) is 0 Å². The first kappa shape index (κ1) is 15.6. The van der Waals surface area contributed by atoms with E-state index in [2.05, 4.69) is 55.6 Å². The highest BCUT2D eigenvalue weighted by Crippen LogP contribution is 2.31. The minimum Gasteiger partial charge on any atom is -0.350 e. The maximum atomic E-state index is 6.10. The van der Waals surface area contributed by atoms with Crippen LogP contribution in [-0.2, 0) is 26.6 Å². The largest absolute Gasteiger partial charge is 0.350 e. The van der Waals surface area contributed by atoms with Crippen LogP contribution < -0.4 is 5.73 Å². The van der Waals surface area contributed by atoms with Gasteiger partial charge in [-0.25, -0.2) is 0 Å². The first-order chi connectivity index (χ1) is 10.5. The summed E-state index contributed by atoms with van der Waals surface area (Å²) >= 11 is 0. The molecular formula is C19H29N3. The zero-order valence-electron chi connectivity index (χ0n) is 14.4. The van der Waals surface area contributed by atoms with Gasteiger partial charge in [0, 0.05) is 49.3 Å². The maximum absolute atomic E-state index is 6.10. The Morgan fingerprint density at radius 1 is 1.18 bits per heavy atom. The van der Waals surface area contributed by atoms with E-state index in [1.165, 1.54) is 27.6 Å². The summed E-state index contributed by atoms with van der Waals surface area (Å²) in [5, 5.41) is 1.43. The standard InChI is InChI=1S/C19H29N3/c1-5-17(20)7-6-14-10-21(4)19-9-16-12-22(13(2)3)11-15(16)8-18(14)19/h8-10,13,17H,5-7,11-12,20H2,1-4H3. The van der Waals surface area contributed by atoms with Crippen molar-refractivity contribution in [2.24, 2.45) is 12.8 Å². The summed E-state index contributed by atoms with van der Waals surface area (Å²) in [7, 11) is 2.16. The number of nitrogens with two attached hydrogens (primary N) is 1. The average molecular weight is 299 g/mol. The zero-order valence-corrected chi connectivity index (χ0v) is 14.4. The number of nitrogens with zero attached hydrogens (tertiary/aromatic N) is 2. The fourth-order valence-corrected chi connectivity index (χ4v) is 3.50. The Kier molecular flexibility index (Phi) is 4.28. The molecule has 3 nitrogen and oxygen atoms in total. The molecule has 0 bridgehead atoms. The summed E-state index contributed by atoms with van der Waals surface area (Å²) in [5.74, 6) is 0. The van der Waals surface area contributed by atoms with E-state index in [0.29, 0.717) is 12.1 Å². The topological polar surface area (TPSA) is 34.2 Å². The Morgan fingerprint density at radius 3 is 2.50 bits per heavy atom. The van der Waals surface area contributed by atoms with Gasteiger partial charge in [-0.3, -0.25) is 4.90 Å². The van der Waals surface area contributed by atoms with Gasteiger partial charge in [0.25, 0.3) is 0 Å². The molecular weight excluding hydrogens is 270 g/mol. The fourth-order valence-electron chi connectivity index (χ4n) is 3.50. The van der Waals surface area contributed by atoms with E-state index in [1.807, 2.05) is 0 Å². The number of aryl methyl sites for hydroxylation is 2. The molecule has 3 heteroatoms. The summed E-state index contributed by atoms with van der Waals surface area (Å²) in [4.78, 5) is 2.54. The van der Waals surface area contributed by atoms with E-state index >= 15 is 0 Å². The molecule has 1 unspecified atom stereocenters. The molecule has 1 aliphatic heterocycles. The SMILES string of the molecule is CCC(N)CCc1cn(C)c2cc3c(cc12)CN(C(C)C)C3. The van der Waals surface area contributed by atoms with Crippen LogP contribution in [0.25, 0.3) is 10.9 Å².